The van der Waals surface area contributed by atoms with Gasteiger partial charge < -0.3 is 5.11 Å². The Balaban J connectivity index is 2.58. The molecule has 0 aliphatic carbocycles. The number of aromatic nitrogens is 4. The van der Waals surface area contributed by atoms with E-state index in [1.807, 2.05) is 6.92 Å². The summed E-state index contributed by atoms with van der Waals surface area (Å²) >= 11 is 0. The highest BCUT2D eigenvalue weighted by atomic mass is 16.6. The second-order valence-electron chi connectivity index (χ2n) is 4.02. The van der Waals surface area contributed by atoms with Gasteiger partial charge in [-0.1, -0.05) is 6.92 Å². The zero-order valence-electron chi connectivity index (χ0n) is 10.6. The average Bonchev–Trinajstić information content (AvgIpc) is 2.86. The van der Waals surface area contributed by atoms with Crippen molar-refractivity contribution in [1.29, 1.82) is 0 Å². The summed E-state index contributed by atoms with van der Waals surface area (Å²) in [6, 6.07) is 3.61. The molecule has 1 heterocycles. The second-order valence-corrected chi connectivity index (χ2v) is 4.02. The predicted molar refractivity (Wildman–Crippen MR) is 66.8 cm³/mol. The van der Waals surface area contributed by atoms with E-state index in [-0.39, 0.29) is 16.9 Å². The molecule has 20 heavy (non-hydrogen) atoms. The van der Waals surface area contributed by atoms with Gasteiger partial charge in [0.1, 0.15) is 5.69 Å². The van der Waals surface area contributed by atoms with Crippen LogP contribution >= 0.6 is 0 Å². The smallest absolute Gasteiger partial charge is 0.335 e. The van der Waals surface area contributed by atoms with Gasteiger partial charge in [-0.05, 0) is 29.0 Å². The van der Waals surface area contributed by atoms with Gasteiger partial charge in [0.05, 0.1) is 10.5 Å². The van der Waals surface area contributed by atoms with Crippen molar-refractivity contribution in [3.05, 3.63) is 39.7 Å². The first-order chi connectivity index (χ1) is 9.54. The van der Waals surface area contributed by atoms with E-state index < -0.39 is 10.9 Å². The van der Waals surface area contributed by atoms with E-state index in [0.29, 0.717) is 12.2 Å². The molecule has 0 unspecified atom stereocenters. The van der Waals surface area contributed by atoms with Gasteiger partial charge in [-0.25, -0.2) is 4.79 Å². The number of nitro benzene ring substituents is 1. The maximum Gasteiger partial charge on any atom is 0.335 e. The molecule has 9 nitrogen and oxygen atoms in total. The minimum Gasteiger partial charge on any atom is -0.478 e. The molecule has 1 aromatic heterocycles. The lowest BCUT2D eigenvalue weighted by atomic mass is 10.1. The molecule has 0 saturated carbocycles. The van der Waals surface area contributed by atoms with Gasteiger partial charge in [-0.3, -0.25) is 10.1 Å². The third kappa shape index (κ3) is 2.46. The Morgan fingerprint density at radius 3 is 2.85 bits per heavy atom. The number of benzene rings is 1. The van der Waals surface area contributed by atoms with Crippen LogP contribution < -0.4 is 0 Å². The summed E-state index contributed by atoms with van der Waals surface area (Å²) in [6.45, 7) is 1.93. The highest BCUT2D eigenvalue weighted by Gasteiger charge is 2.21. The molecule has 0 bridgehead atoms. The molecule has 1 aromatic carbocycles. The van der Waals surface area contributed by atoms with Crippen molar-refractivity contribution in [2.45, 2.75) is 19.8 Å². The molecule has 0 spiro atoms. The van der Waals surface area contributed by atoms with Gasteiger partial charge in [0.25, 0.3) is 5.69 Å². The molecule has 0 amide bonds. The Morgan fingerprint density at radius 2 is 2.25 bits per heavy atom. The monoisotopic (exact) mass is 277 g/mol. The van der Waals surface area contributed by atoms with Crippen LogP contribution in [0.15, 0.2) is 18.2 Å². The number of nitro groups is 1. The van der Waals surface area contributed by atoms with Crippen molar-refractivity contribution in [2.24, 2.45) is 0 Å². The Bertz CT molecular complexity index is 667. The van der Waals surface area contributed by atoms with Crippen LogP contribution in [0.25, 0.3) is 5.69 Å². The lowest BCUT2D eigenvalue weighted by Crippen LogP contribution is -2.08. The van der Waals surface area contributed by atoms with Crippen LogP contribution in [0.3, 0.4) is 0 Å². The van der Waals surface area contributed by atoms with E-state index in [4.69, 9.17) is 5.11 Å². The van der Waals surface area contributed by atoms with Crippen molar-refractivity contribution >= 4 is 11.7 Å². The number of aromatic carboxylic acids is 1. The summed E-state index contributed by atoms with van der Waals surface area (Å²) in [5.41, 5.74) is -0.367. The van der Waals surface area contributed by atoms with Gasteiger partial charge >= 0.3 is 5.97 Å². The molecule has 0 aliphatic heterocycles. The molecule has 0 aliphatic rings. The quantitative estimate of drug-likeness (QED) is 0.643. The number of nitrogens with zero attached hydrogens (tertiary/aromatic N) is 5. The molecule has 0 saturated heterocycles. The minimum atomic E-state index is -1.23. The number of carboxylic acids is 1. The zero-order chi connectivity index (χ0) is 14.7. The number of rotatable bonds is 5. The standard InChI is InChI=1S/C11H11N5O4/c1-2-3-10-12-13-14-15(10)8-5-4-7(11(17)18)6-9(8)16(19)20/h4-6H,2-3H2,1H3,(H,17,18). The van der Waals surface area contributed by atoms with Gasteiger partial charge in [0, 0.05) is 12.5 Å². The fourth-order valence-electron chi connectivity index (χ4n) is 1.75. The average molecular weight is 277 g/mol. The third-order valence-corrected chi connectivity index (χ3v) is 2.65. The van der Waals surface area contributed by atoms with E-state index >= 15 is 0 Å². The lowest BCUT2D eigenvalue weighted by molar-refractivity contribution is -0.384. The molecule has 9 heteroatoms. The highest BCUT2D eigenvalue weighted by Crippen LogP contribution is 2.24. The molecule has 0 radical (unpaired) electrons. The van der Waals surface area contributed by atoms with Crippen molar-refractivity contribution in [1.82, 2.24) is 20.2 Å². The SMILES string of the molecule is CCCc1nnnn1-c1ccc(C(=O)O)cc1[N+](=O)[O-]. The van der Waals surface area contributed by atoms with Crippen LogP contribution in [0.1, 0.15) is 29.5 Å². The Morgan fingerprint density at radius 1 is 1.50 bits per heavy atom. The molecule has 104 valence electrons. The molecular weight excluding hydrogens is 266 g/mol. The van der Waals surface area contributed by atoms with Gasteiger partial charge in [-0.15, -0.1) is 5.10 Å². The van der Waals surface area contributed by atoms with Crippen molar-refractivity contribution < 1.29 is 14.8 Å². The van der Waals surface area contributed by atoms with Crippen LogP contribution in [-0.2, 0) is 6.42 Å². The van der Waals surface area contributed by atoms with Crippen molar-refractivity contribution in [3.63, 3.8) is 0 Å². The van der Waals surface area contributed by atoms with Crippen molar-refractivity contribution in [3.8, 4) is 5.69 Å². The molecule has 1 N–H and O–H groups in total. The molecule has 0 fully saturated rings. The second kappa shape index (κ2) is 5.43. The van der Waals surface area contributed by atoms with E-state index in [1.54, 1.807) is 0 Å². The van der Waals surface area contributed by atoms with Crippen LogP contribution in [0, 0.1) is 10.1 Å². The normalized spacial score (nSPS) is 10.4. The summed E-state index contributed by atoms with van der Waals surface area (Å²) < 4.78 is 1.26. The topological polar surface area (TPSA) is 124 Å². The highest BCUT2D eigenvalue weighted by molar-refractivity contribution is 5.89. The maximum absolute atomic E-state index is 11.1. The summed E-state index contributed by atoms with van der Waals surface area (Å²) in [6.07, 6.45) is 1.34. The minimum absolute atomic E-state index is 0.147. The number of carboxylic acid groups (broad SMARTS) is 1. The number of carbonyl (C=O) groups is 1. The Kier molecular flexibility index (Phi) is 3.69. The van der Waals surface area contributed by atoms with Crippen LogP contribution in [0.2, 0.25) is 0 Å². The van der Waals surface area contributed by atoms with E-state index in [9.17, 15) is 14.9 Å². The van der Waals surface area contributed by atoms with Gasteiger partial charge in [-0.2, -0.15) is 4.68 Å². The molecule has 2 rings (SSSR count). The third-order valence-electron chi connectivity index (χ3n) is 2.65. The number of hydrogen-bond acceptors (Lipinski definition) is 6. The predicted octanol–water partition coefficient (Wildman–Crippen LogP) is 1.22. The first-order valence-electron chi connectivity index (χ1n) is 5.84. The Hall–Kier alpha value is -2.84. The fourth-order valence-corrected chi connectivity index (χ4v) is 1.75. The summed E-state index contributed by atoms with van der Waals surface area (Å²) in [4.78, 5) is 21.3. The first-order valence-corrected chi connectivity index (χ1v) is 5.84. The summed E-state index contributed by atoms with van der Waals surface area (Å²) in [5, 5.41) is 31.0. The Labute approximate surface area is 113 Å². The maximum atomic E-state index is 11.1. The number of aryl methyl sites for hydroxylation is 1. The van der Waals surface area contributed by atoms with Crippen LogP contribution in [-0.4, -0.2) is 36.2 Å². The van der Waals surface area contributed by atoms with E-state index in [2.05, 4.69) is 15.5 Å². The van der Waals surface area contributed by atoms with Gasteiger partial charge in [0.15, 0.2) is 5.82 Å². The zero-order valence-corrected chi connectivity index (χ0v) is 10.6. The van der Waals surface area contributed by atoms with Crippen molar-refractivity contribution in [2.75, 3.05) is 0 Å². The number of hydrogen-bond donors (Lipinski definition) is 1. The first kappa shape index (κ1) is 13.6. The summed E-state index contributed by atoms with van der Waals surface area (Å²) in [5.74, 6) is -0.746. The number of tetrazole rings is 1. The summed E-state index contributed by atoms with van der Waals surface area (Å²) in [7, 11) is 0. The van der Waals surface area contributed by atoms with E-state index in [1.165, 1.54) is 16.8 Å². The lowest BCUT2D eigenvalue weighted by Gasteiger charge is -2.05. The van der Waals surface area contributed by atoms with Crippen LogP contribution in [0.4, 0.5) is 5.69 Å². The molecule has 2 aromatic rings. The molecule has 0 atom stereocenters. The van der Waals surface area contributed by atoms with Crippen LogP contribution in [0.5, 0.6) is 0 Å². The molecular formula is C11H11N5O4. The fraction of sp³-hybridized carbons (Fsp3) is 0.273. The van der Waals surface area contributed by atoms with E-state index in [0.717, 1.165) is 12.5 Å². The van der Waals surface area contributed by atoms with Gasteiger partial charge in [0.2, 0.25) is 0 Å². The largest absolute Gasteiger partial charge is 0.478 e.